The third-order valence-electron chi connectivity index (χ3n) is 4.84. The molecule has 0 unspecified atom stereocenters. The van der Waals surface area contributed by atoms with Crippen LogP contribution in [0.1, 0.15) is 47.4 Å². The van der Waals surface area contributed by atoms with Crippen LogP contribution in [0.4, 0.5) is 5.69 Å². The van der Waals surface area contributed by atoms with Gasteiger partial charge in [-0.3, -0.25) is 9.59 Å². The van der Waals surface area contributed by atoms with Gasteiger partial charge in [0.15, 0.2) is 11.5 Å². The van der Waals surface area contributed by atoms with Gasteiger partial charge in [-0.25, -0.2) is 0 Å². The number of carbonyl (C=O) groups excluding carboxylic acids is 2. The van der Waals surface area contributed by atoms with Crippen molar-refractivity contribution in [2.24, 2.45) is 5.41 Å². The second kappa shape index (κ2) is 6.37. The molecule has 5 nitrogen and oxygen atoms in total. The van der Waals surface area contributed by atoms with Gasteiger partial charge in [0.25, 0.3) is 0 Å². The number of hydrogen-bond donors (Lipinski definition) is 2. The number of aromatic amines is 1. The zero-order chi connectivity index (χ0) is 20.1. The summed E-state index contributed by atoms with van der Waals surface area (Å²) in [6.07, 6.45) is 0.246. The summed E-state index contributed by atoms with van der Waals surface area (Å²) in [5.74, 6) is 0.276. The monoisotopic (exact) mass is 374 g/mol. The minimum Gasteiger partial charge on any atom is -0.453 e. The Hall–Kier alpha value is -3.34. The lowest BCUT2D eigenvalue weighted by Gasteiger charge is -2.13. The Morgan fingerprint density at radius 3 is 2.54 bits per heavy atom. The highest BCUT2D eigenvalue weighted by Crippen LogP contribution is 2.27. The highest BCUT2D eigenvalue weighted by Gasteiger charge is 2.26. The summed E-state index contributed by atoms with van der Waals surface area (Å²) in [5.41, 5.74) is 8.88. The predicted octanol–water partition coefficient (Wildman–Crippen LogP) is 5.15. The fourth-order valence-electron chi connectivity index (χ4n) is 3.29. The van der Waals surface area contributed by atoms with E-state index in [0.29, 0.717) is 22.7 Å². The van der Waals surface area contributed by atoms with Crippen LogP contribution in [0.25, 0.3) is 21.9 Å². The molecule has 4 aromatic rings. The number of hydrogen-bond acceptors (Lipinski definition) is 4. The molecule has 142 valence electrons. The number of furan rings is 1. The Balaban J connectivity index is 1.61. The van der Waals surface area contributed by atoms with Crippen LogP contribution in [-0.4, -0.2) is 16.6 Å². The Labute approximate surface area is 162 Å². The topological polar surface area (TPSA) is 89.1 Å². The first-order valence-corrected chi connectivity index (χ1v) is 9.20. The van der Waals surface area contributed by atoms with Gasteiger partial charge in [-0.2, -0.15) is 0 Å². The smallest absolute Gasteiger partial charge is 0.203 e. The van der Waals surface area contributed by atoms with E-state index in [4.69, 9.17) is 10.2 Å². The lowest BCUT2D eigenvalue weighted by Crippen LogP contribution is -2.19. The van der Waals surface area contributed by atoms with E-state index in [1.807, 2.05) is 51.1 Å². The molecule has 3 N–H and O–H groups in total. The first kappa shape index (κ1) is 18.0. The van der Waals surface area contributed by atoms with Gasteiger partial charge in [0.2, 0.25) is 5.78 Å². The Morgan fingerprint density at radius 2 is 1.82 bits per heavy atom. The van der Waals surface area contributed by atoms with Crippen molar-refractivity contribution in [1.29, 1.82) is 0 Å². The molecule has 2 heterocycles. The van der Waals surface area contributed by atoms with Gasteiger partial charge < -0.3 is 15.1 Å². The number of Topliss-reactive ketones (excluding diaryl/α,β-unsaturated/α-hetero) is 2. The van der Waals surface area contributed by atoms with E-state index < -0.39 is 5.41 Å². The number of para-hydroxylation sites is 1. The number of nitrogens with two attached hydrogens (primary N) is 1. The van der Waals surface area contributed by atoms with Crippen molar-refractivity contribution < 1.29 is 14.0 Å². The fraction of sp³-hybridized carbons (Fsp3) is 0.217. The van der Waals surface area contributed by atoms with Crippen LogP contribution < -0.4 is 5.73 Å². The largest absolute Gasteiger partial charge is 0.453 e. The van der Waals surface area contributed by atoms with Gasteiger partial charge >= 0.3 is 0 Å². The molecule has 0 amide bonds. The van der Waals surface area contributed by atoms with Crippen molar-refractivity contribution in [2.45, 2.75) is 27.2 Å². The first-order chi connectivity index (χ1) is 13.2. The van der Waals surface area contributed by atoms with E-state index in [-0.39, 0.29) is 18.0 Å². The molecule has 0 aliphatic rings. The van der Waals surface area contributed by atoms with Gasteiger partial charge in [-0.05, 0) is 35.9 Å². The predicted molar refractivity (Wildman–Crippen MR) is 111 cm³/mol. The number of ketones is 2. The van der Waals surface area contributed by atoms with Crippen molar-refractivity contribution in [3.8, 4) is 0 Å². The number of nitrogen functional groups attached to an aromatic ring is 1. The standard InChI is InChI=1S/C23H22N2O3/c1-23(2,3)22(27)20-12-15-9-13(7-8-19(15)28-20)10-18(26)17-11-14-5-4-6-16(24)21(14)25-17/h4-9,11-12,25H,10,24H2,1-3H3. The van der Waals surface area contributed by atoms with E-state index in [0.717, 1.165) is 21.9 Å². The maximum absolute atomic E-state index is 12.7. The van der Waals surface area contributed by atoms with Crippen molar-refractivity contribution >= 4 is 39.1 Å². The second-order valence-corrected chi connectivity index (χ2v) is 8.16. The van der Waals surface area contributed by atoms with Gasteiger partial charge in [0, 0.05) is 22.6 Å². The summed E-state index contributed by atoms with van der Waals surface area (Å²) in [6, 6.07) is 14.7. The average Bonchev–Trinajstić information content (AvgIpc) is 3.24. The van der Waals surface area contributed by atoms with Gasteiger partial charge in [-0.1, -0.05) is 39.0 Å². The molecule has 5 heteroatoms. The third kappa shape index (κ3) is 3.20. The highest BCUT2D eigenvalue weighted by molar-refractivity contribution is 6.03. The minimum absolute atomic E-state index is 0.0237. The van der Waals surface area contributed by atoms with E-state index in [1.165, 1.54) is 0 Å². The van der Waals surface area contributed by atoms with E-state index in [1.54, 1.807) is 18.2 Å². The molecule has 0 saturated carbocycles. The Kier molecular flexibility index (Phi) is 4.11. The number of nitrogens with one attached hydrogen (secondary N) is 1. The van der Waals surface area contributed by atoms with Gasteiger partial charge in [0.1, 0.15) is 5.58 Å². The number of anilines is 1. The molecule has 0 spiro atoms. The summed E-state index contributed by atoms with van der Waals surface area (Å²) in [6.45, 7) is 5.58. The van der Waals surface area contributed by atoms with Crippen LogP contribution in [0.2, 0.25) is 0 Å². The number of rotatable bonds is 4. The Bertz CT molecular complexity index is 1220. The van der Waals surface area contributed by atoms with Crippen molar-refractivity contribution in [3.63, 3.8) is 0 Å². The van der Waals surface area contributed by atoms with Crippen LogP contribution in [0, 0.1) is 5.41 Å². The van der Waals surface area contributed by atoms with Crippen LogP contribution in [0.3, 0.4) is 0 Å². The quantitative estimate of drug-likeness (QED) is 0.382. The molecular formula is C23H22N2O3. The average molecular weight is 374 g/mol. The normalized spacial score (nSPS) is 12.0. The molecule has 0 fully saturated rings. The molecule has 0 bridgehead atoms. The van der Waals surface area contributed by atoms with Crippen LogP contribution in [0.15, 0.2) is 52.9 Å². The molecule has 2 aromatic carbocycles. The maximum atomic E-state index is 12.7. The van der Waals surface area contributed by atoms with Crippen LogP contribution in [-0.2, 0) is 6.42 Å². The second-order valence-electron chi connectivity index (χ2n) is 8.16. The van der Waals surface area contributed by atoms with Crippen molar-refractivity contribution in [2.75, 3.05) is 5.73 Å². The molecule has 0 aliphatic heterocycles. The zero-order valence-electron chi connectivity index (χ0n) is 16.1. The zero-order valence-corrected chi connectivity index (χ0v) is 16.1. The molecule has 4 rings (SSSR count). The van der Waals surface area contributed by atoms with Crippen LogP contribution >= 0.6 is 0 Å². The van der Waals surface area contributed by atoms with Crippen molar-refractivity contribution in [1.82, 2.24) is 4.98 Å². The number of H-pyrrole nitrogens is 1. The highest BCUT2D eigenvalue weighted by atomic mass is 16.3. The van der Waals surface area contributed by atoms with Crippen LogP contribution in [0.5, 0.6) is 0 Å². The molecular weight excluding hydrogens is 352 g/mol. The minimum atomic E-state index is -0.510. The van der Waals surface area contributed by atoms with Gasteiger partial charge in [0.05, 0.1) is 16.9 Å². The van der Waals surface area contributed by atoms with E-state index in [2.05, 4.69) is 4.98 Å². The summed E-state index contributed by atoms with van der Waals surface area (Å²) < 4.78 is 5.70. The SMILES string of the molecule is CC(C)(C)C(=O)c1cc2cc(CC(=O)c3cc4cccc(N)c4[nH]3)ccc2o1. The summed E-state index contributed by atoms with van der Waals surface area (Å²) in [7, 11) is 0. The molecule has 28 heavy (non-hydrogen) atoms. The van der Waals surface area contributed by atoms with E-state index in [9.17, 15) is 9.59 Å². The van der Waals surface area contributed by atoms with E-state index >= 15 is 0 Å². The maximum Gasteiger partial charge on any atom is 0.203 e. The molecule has 0 atom stereocenters. The Morgan fingerprint density at radius 1 is 1.04 bits per heavy atom. The number of aromatic nitrogens is 1. The third-order valence-corrected chi connectivity index (χ3v) is 4.84. The number of benzene rings is 2. The molecule has 2 aromatic heterocycles. The fourth-order valence-corrected chi connectivity index (χ4v) is 3.29. The number of fused-ring (bicyclic) bond motifs is 2. The number of carbonyl (C=O) groups is 2. The molecule has 0 saturated heterocycles. The first-order valence-electron chi connectivity index (χ1n) is 9.20. The lowest BCUT2D eigenvalue weighted by molar-refractivity contribution is 0.0830. The lowest BCUT2D eigenvalue weighted by atomic mass is 9.89. The van der Waals surface area contributed by atoms with Crippen molar-refractivity contribution in [3.05, 3.63) is 65.5 Å². The molecule has 0 aliphatic carbocycles. The summed E-state index contributed by atoms with van der Waals surface area (Å²) in [5, 5.41) is 1.73. The van der Waals surface area contributed by atoms with Gasteiger partial charge in [-0.15, -0.1) is 0 Å². The summed E-state index contributed by atoms with van der Waals surface area (Å²) >= 11 is 0. The molecule has 0 radical (unpaired) electrons. The summed E-state index contributed by atoms with van der Waals surface area (Å²) in [4.78, 5) is 28.3.